The average Bonchev–Trinajstić information content (AvgIpc) is 2.59. The maximum Gasteiger partial charge on any atom is 0.303 e. The minimum absolute atomic E-state index is 0.0751. The van der Waals surface area contributed by atoms with Crippen LogP contribution >= 0.6 is 22.9 Å². The lowest BCUT2D eigenvalue weighted by molar-refractivity contribution is -0.137. The van der Waals surface area contributed by atoms with Gasteiger partial charge in [-0.05, 0) is 24.3 Å². The van der Waals surface area contributed by atoms with Gasteiger partial charge in [0.15, 0.2) is 0 Å². The van der Waals surface area contributed by atoms with Crippen LogP contribution in [0.5, 0.6) is 0 Å². The van der Waals surface area contributed by atoms with Crippen molar-refractivity contribution in [3.8, 4) is 0 Å². The summed E-state index contributed by atoms with van der Waals surface area (Å²) in [6, 6.07) is 1.44. The molecular weight excluding hydrogens is 258 g/mol. The number of unbranched alkanes of at least 4 members (excludes halogenated alkanes) is 1. The predicted molar refractivity (Wildman–Crippen MR) is 59.3 cm³/mol. The molecule has 6 heteroatoms. The fourth-order valence-electron chi connectivity index (χ4n) is 1.29. The van der Waals surface area contributed by atoms with E-state index in [1.807, 2.05) is 0 Å². The van der Waals surface area contributed by atoms with Gasteiger partial charge in [-0.15, -0.1) is 11.3 Å². The van der Waals surface area contributed by atoms with E-state index in [1.165, 1.54) is 11.4 Å². The lowest BCUT2D eigenvalue weighted by atomic mass is 10.1. The number of thiophene rings is 1. The van der Waals surface area contributed by atoms with Crippen molar-refractivity contribution in [1.82, 2.24) is 0 Å². The first-order chi connectivity index (χ1) is 7.43. The highest BCUT2D eigenvalue weighted by Gasteiger charge is 2.34. The monoisotopic (exact) mass is 268 g/mol. The Hall–Kier alpha value is -0.680. The standard InChI is InChI=1S/C10H11ClF2O2S/c11-7-4-6-16-9(7)10(12,13)5-2-1-3-8(14)15/h4,6H,1-3,5H2,(H,14,15). The lowest BCUT2D eigenvalue weighted by Crippen LogP contribution is -2.12. The SMILES string of the molecule is O=C(O)CCCCC(F)(F)c1sccc1Cl. The summed E-state index contributed by atoms with van der Waals surface area (Å²) in [6.07, 6.45) is -0.00376. The molecule has 2 nitrogen and oxygen atoms in total. The third-order valence-corrected chi connectivity index (χ3v) is 3.53. The third-order valence-electron chi connectivity index (χ3n) is 2.08. The molecule has 0 saturated heterocycles. The molecule has 0 spiro atoms. The van der Waals surface area contributed by atoms with Crippen molar-refractivity contribution in [2.45, 2.75) is 31.6 Å². The summed E-state index contributed by atoms with van der Waals surface area (Å²) in [5.41, 5.74) is 0. The van der Waals surface area contributed by atoms with Crippen LogP contribution in [0.2, 0.25) is 5.02 Å². The molecule has 0 unspecified atom stereocenters. The van der Waals surface area contributed by atoms with Gasteiger partial charge in [-0.25, -0.2) is 8.78 Å². The van der Waals surface area contributed by atoms with Crippen molar-refractivity contribution in [2.75, 3.05) is 0 Å². The summed E-state index contributed by atoms with van der Waals surface area (Å²) < 4.78 is 27.1. The molecule has 0 atom stereocenters. The van der Waals surface area contributed by atoms with E-state index in [4.69, 9.17) is 16.7 Å². The Bertz CT molecular complexity index is 365. The summed E-state index contributed by atoms with van der Waals surface area (Å²) in [5, 5.41) is 9.96. The van der Waals surface area contributed by atoms with Gasteiger partial charge in [0.1, 0.15) is 0 Å². The van der Waals surface area contributed by atoms with E-state index in [-0.39, 0.29) is 35.6 Å². The number of halogens is 3. The van der Waals surface area contributed by atoms with Crippen molar-refractivity contribution in [2.24, 2.45) is 0 Å². The molecular formula is C10H11ClF2O2S. The molecule has 0 amide bonds. The number of hydrogen-bond donors (Lipinski definition) is 1. The zero-order chi connectivity index (χ0) is 12.2. The Morgan fingerprint density at radius 1 is 1.50 bits per heavy atom. The van der Waals surface area contributed by atoms with Crippen LogP contribution in [-0.2, 0) is 10.7 Å². The Kier molecular flexibility index (Phi) is 4.68. The molecule has 1 heterocycles. The number of rotatable bonds is 6. The van der Waals surface area contributed by atoms with Crippen LogP contribution in [0, 0.1) is 0 Å². The largest absolute Gasteiger partial charge is 0.481 e. The Morgan fingerprint density at radius 2 is 2.19 bits per heavy atom. The maximum absolute atomic E-state index is 13.6. The minimum atomic E-state index is -2.95. The van der Waals surface area contributed by atoms with Crippen molar-refractivity contribution in [3.63, 3.8) is 0 Å². The van der Waals surface area contributed by atoms with Gasteiger partial charge in [0.25, 0.3) is 5.92 Å². The van der Waals surface area contributed by atoms with Crippen LogP contribution < -0.4 is 0 Å². The summed E-state index contributed by atoms with van der Waals surface area (Å²) in [7, 11) is 0. The molecule has 1 aromatic rings. The zero-order valence-electron chi connectivity index (χ0n) is 8.38. The number of carboxylic acid groups (broad SMARTS) is 1. The highest BCUT2D eigenvalue weighted by Crippen LogP contribution is 2.40. The third kappa shape index (κ3) is 3.72. The maximum atomic E-state index is 13.6. The second kappa shape index (κ2) is 5.59. The van der Waals surface area contributed by atoms with Crippen LogP contribution in [0.25, 0.3) is 0 Å². The van der Waals surface area contributed by atoms with Gasteiger partial charge in [-0.2, -0.15) is 0 Å². The molecule has 1 aromatic heterocycles. The first-order valence-electron chi connectivity index (χ1n) is 4.76. The van der Waals surface area contributed by atoms with Gasteiger partial charge in [-0.3, -0.25) is 4.79 Å². The highest BCUT2D eigenvalue weighted by molar-refractivity contribution is 7.10. The Balaban J connectivity index is 2.46. The van der Waals surface area contributed by atoms with Gasteiger partial charge in [-0.1, -0.05) is 11.6 Å². The molecule has 0 fully saturated rings. The molecule has 0 aromatic carbocycles. The summed E-state index contributed by atoms with van der Waals surface area (Å²) in [5.74, 6) is -3.92. The number of alkyl halides is 2. The fraction of sp³-hybridized carbons (Fsp3) is 0.500. The van der Waals surface area contributed by atoms with Gasteiger partial charge >= 0.3 is 5.97 Å². The normalized spacial score (nSPS) is 11.7. The zero-order valence-corrected chi connectivity index (χ0v) is 9.95. The fourth-order valence-corrected chi connectivity index (χ4v) is 2.50. The second-order valence-corrected chi connectivity index (χ2v) is 4.73. The number of carbonyl (C=O) groups is 1. The van der Waals surface area contributed by atoms with E-state index in [1.54, 1.807) is 0 Å². The second-order valence-electron chi connectivity index (χ2n) is 3.40. The quantitative estimate of drug-likeness (QED) is 0.788. The van der Waals surface area contributed by atoms with E-state index >= 15 is 0 Å². The molecule has 1 rings (SSSR count). The van der Waals surface area contributed by atoms with Crippen LogP contribution in [0.15, 0.2) is 11.4 Å². The van der Waals surface area contributed by atoms with Crippen LogP contribution in [-0.4, -0.2) is 11.1 Å². The highest BCUT2D eigenvalue weighted by atomic mass is 35.5. The summed E-state index contributed by atoms with van der Waals surface area (Å²) >= 11 is 6.55. The molecule has 0 radical (unpaired) electrons. The molecule has 0 aliphatic carbocycles. The summed E-state index contributed by atoms with van der Waals surface area (Å²) in [6.45, 7) is 0. The van der Waals surface area contributed by atoms with E-state index in [0.717, 1.165) is 11.3 Å². The van der Waals surface area contributed by atoms with E-state index in [0.29, 0.717) is 0 Å². The van der Waals surface area contributed by atoms with Gasteiger partial charge in [0, 0.05) is 12.8 Å². The van der Waals surface area contributed by atoms with Crippen LogP contribution in [0.4, 0.5) is 8.78 Å². The summed E-state index contributed by atoms with van der Waals surface area (Å²) in [4.78, 5) is 10.1. The molecule has 16 heavy (non-hydrogen) atoms. The topological polar surface area (TPSA) is 37.3 Å². The van der Waals surface area contributed by atoms with Crippen molar-refractivity contribution >= 4 is 28.9 Å². The molecule has 0 aliphatic heterocycles. The van der Waals surface area contributed by atoms with E-state index < -0.39 is 11.9 Å². The van der Waals surface area contributed by atoms with Crippen molar-refractivity contribution in [1.29, 1.82) is 0 Å². The average molecular weight is 269 g/mol. The van der Waals surface area contributed by atoms with Gasteiger partial charge in [0.2, 0.25) is 0 Å². The first kappa shape index (κ1) is 13.4. The number of aliphatic carboxylic acids is 1. The Morgan fingerprint density at radius 3 is 2.69 bits per heavy atom. The Labute approximate surface area is 101 Å². The molecule has 90 valence electrons. The number of carboxylic acids is 1. The molecule has 1 N–H and O–H groups in total. The lowest BCUT2D eigenvalue weighted by Gasteiger charge is -2.14. The minimum Gasteiger partial charge on any atom is -0.481 e. The van der Waals surface area contributed by atoms with Crippen molar-refractivity contribution in [3.05, 3.63) is 21.3 Å². The molecule has 0 aliphatic rings. The first-order valence-corrected chi connectivity index (χ1v) is 6.02. The van der Waals surface area contributed by atoms with E-state index in [9.17, 15) is 13.6 Å². The molecule has 0 bridgehead atoms. The van der Waals surface area contributed by atoms with Crippen LogP contribution in [0.3, 0.4) is 0 Å². The predicted octanol–water partition coefficient (Wildman–Crippen LogP) is 4.14. The van der Waals surface area contributed by atoms with Crippen molar-refractivity contribution < 1.29 is 18.7 Å². The molecule has 0 saturated carbocycles. The van der Waals surface area contributed by atoms with E-state index in [2.05, 4.69) is 0 Å². The van der Waals surface area contributed by atoms with Gasteiger partial charge in [0.05, 0.1) is 9.90 Å². The van der Waals surface area contributed by atoms with Gasteiger partial charge < -0.3 is 5.11 Å². The smallest absolute Gasteiger partial charge is 0.303 e. The number of hydrogen-bond acceptors (Lipinski definition) is 2. The van der Waals surface area contributed by atoms with Crippen LogP contribution in [0.1, 0.15) is 30.6 Å².